The summed E-state index contributed by atoms with van der Waals surface area (Å²) >= 11 is 0. The molecule has 0 aliphatic carbocycles. The van der Waals surface area contributed by atoms with Crippen molar-refractivity contribution in [3.63, 3.8) is 0 Å². The third-order valence-electron chi connectivity index (χ3n) is 4.08. The van der Waals surface area contributed by atoms with Crippen LogP contribution in [0.2, 0.25) is 0 Å². The highest BCUT2D eigenvalue weighted by atomic mass is 16.5. The summed E-state index contributed by atoms with van der Waals surface area (Å²) in [7, 11) is 0. The van der Waals surface area contributed by atoms with Crippen LogP contribution < -0.4 is 14.2 Å². The van der Waals surface area contributed by atoms with Gasteiger partial charge in [-0.05, 0) is 11.5 Å². The molecule has 0 fully saturated rings. The number of fused-ring (bicyclic) bond motifs is 1. The maximum Gasteiger partial charge on any atom is 0.331 e. The average Bonchev–Trinajstić information content (AvgIpc) is 2.78. The van der Waals surface area contributed by atoms with Crippen molar-refractivity contribution < 1.29 is 34.0 Å². The summed E-state index contributed by atoms with van der Waals surface area (Å²) in [6, 6.07) is 13.1. The number of hydrogen-bond acceptors (Lipinski definition) is 8. The molecule has 0 unspecified atom stereocenters. The first-order valence-corrected chi connectivity index (χ1v) is 9.97. The fraction of sp³-hybridized carbons (Fsp3) is 0.174. The van der Waals surface area contributed by atoms with Gasteiger partial charge in [-0.15, -0.1) is 15.0 Å². The van der Waals surface area contributed by atoms with Gasteiger partial charge >= 0.3 is 30.0 Å². The number of ether oxygens (including phenoxy) is 3. The molecule has 0 radical (unpaired) electrons. The van der Waals surface area contributed by atoms with E-state index in [0.717, 1.165) is 22.9 Å². The molecule has 33 heavy (non-hydrogen) atoms. The Hall–Kier alpha value is -4.47. The van der Waals surface area contributed by atoms with Gasteiger partial charge < -0.3 is 24.4 Å². The molecular weight excluding hydrogens is 430 g/mol. The van der Waals surface area contributed by atoms with Crippen LogP contribution in [0.25, 0.3) is 10.8 Å². The molecule has 0 amide bonds. The fourth-order valence-electron chi connectivity index (χ4n) is 2.68. The van der Waals surface area contributed by atoms with Crippen LogP contribution in [0.3, 0.4) is 0 Å². The SMILES string of the molecule is O=C(O)C=CCCOc1nc(OCCC=CC(=O)O)nc(Oc2cccc3ccccc23)n1. The molecule has 2 N–H and O–H groups in total. The van der Waals surface area contributed by atoms with E-state index in [2.05, 4.69) is 15.0 Å². The number of carbonyl (C=O) groups is 2. The largest absolute Gasteiger partial charge is 0.478 e. The van der Waals surface area contributed by atoms with Gasteiger partial charge in [0.05, 0.1) is 13.2 Å². The second kappa shape index (κ2) is 11.8. The first-order valence-electron chi connectivity index (χ1n) is 9.97. The molecule has 0 aliphatic heterocycles. The zero-order chi connectivity index (χ0) is 23.5. The third-order valence-corrected chi connectivity index (χ3v) is 4.08. The molecule has 0 bridgehead atoms. The molecule has 2 aromatic carbocycles. The van der Waals surface area contributed by atoms with Crippen molar-refractivity contribution in [1.82, 2.24) is 15.0 Å². The minimum atomic E-state index is -1.05. The standard InChI is InChI=1S/C23H21N3O7/c27-19(28)12-3-5-14-31-21-24-22(32-15-6-4-13-20(29)30)26-23(25-21)33-18-11-7-9-16-8-1-2-10-17(16)18/h1-4,7-13H,5-6,14-15H2,(H,27,28)(H,29,30). The predicted molar refractivity (Wildman–Crippen MR) is 118 cm³/mol. The molecular formula is C23H21N3O7. The minimum absolute atomic E-state index is 0.0477. The van der Waals surface area contributed by atoms with E-state index in [1.807, 2.05) is 36.4 Å². The van der Waals surface area contributed by atoms with Crippen molar-refractivity contribution in [1.29, 1.82) is 0 Å². The number of nitrogens with zero attached hydrogens (tertiary/aromatic N) is 3. The van der Waals surface area contributed by atoms with Crippen molar-refractivity contribution in [2.24, 2.45) is 0 Å². The van der Waals surface area contributed by atoms with Crippen LogP contribution in [0.4, 0.5) is 0 Å². The summed E-state index contributed by atoms with van der Waals surface area (Å²) in [5.41, 5.74) is 0. The van der Waals surface area contributed by atoms with Crippen molar-refractivity contribution in [2.45, 2.75) is 12.8 Å². The highest BCUT2D eigenvalue weighted by molar-refractivity contribution is 5.88. The highest BCUT2D eigenvalue weighted by Crippen LogP contribution is 2.29. The first kappa shape index (κ1) is 23.2. The van der Waals surface area contributed by atoms with Crippen LogP contribution in [0.1, 0.15) is 12.8 Å². The Morgan fingerprint density at radius 3 is 1.91 bits per heavy atom. The summed E-state index contributed by atoms with van der Waals surface area (Å²) in [4.78, 5) is 33.5. The minimum Gasteiger partial charge on any atom is -0.478 e. The topological polar surface area (TPSA) is 141 Å². The van der Waals surface area contributed by atoms with E-state index in [-0.39, 0.29) is 31.2 Å². The molecule has 0 aliphatic rings. The van der Waals surface area contributed by atoms with Crippen LogP contribution in [-0.4, -0.2) is 50.3 Å². The van der Waals surface area contributed by atoms with E-state index in [1.54, 1.807) is 6.07 Å². The summed E-state index contributed by atoms with van der Waals surface area (Å²) < 4.78 is 16.9. The van der Waals surface area contributed by atoms with Gasteiger partial charge in [-0.25, -0.2) is 9.59 Å². The van der Waals surface area contributed by atoms with Crippen LogP contribution in [0.5, 0.6) is 23.8 Å². The van der Waals surface area contributed by atoms with E-state index in [1.165, 1.54) is 12.2 Å². The predicted octanol–water partition coefficient (Wildman–Crippen LogP) is 3.64. The Labute approximate surface area is 188 Å². The molecule has 170 valence electrons. The van der Waals surface area contributed by atoms with Crippen molar-refractivity contribution in [3.05, 3.63) is 66.8 Å². The number of aliphatic carboxylic acids is 2. The van der Waals surface area contributed by atoms with Crippen molar-refractivity contribution >= 4 is 22.7 Å². The highest BCUT2D eigenvalue weighted by Gasteiger charge is 2.12. The lowest BCUT2D eigenvalue weighted by Gasteiger charge is -2.10. The number of aromatic nitrogens is 3. The molecule has 0 saturated carbocycles. The zero-order valence-electron chi connectivity index (χ0n) is 17.5. The Balaban J connectivity index is 1.76. The number of rotatable bonds is 12. The maximum absolute atomic E-state index is 10.5. The lowest BCUT2D eigenvalue weighted by Crippen LogP contribution is -2.07. The van der Waals surface area contributed by atoms with Gasteiger partial charge in [0.2, 0.25) is 0 Å². The Kier molecular flexibility index (Phi) is 8.29. The molecule has 0 spiro atoms. The monoisotopic (exact) mass is 451 g/mol. The van der Waals surface area contributed by atoms with Gasteiger partial charge in [0.25, 0.3) is 0 Å². The van der Waals surface area contributed by atoms with Gasteiger partial charge in [-0.3, -0.25) is 0 Å². The molecule has 1 heterocycles. The van der Waals surface area contributed by atoms with Crippen LogP contribution in [0.15, 0.2) is 66.8 Å². The summed E-state index contributed by atoms with van der Waals surface area (Å²) in [6.07, 6.45) is 5.59. The Morgan fingerprint density at radius 2 is 1.30 bits per heavy atom. The van der Waals surface area contributed by atoms with Crippen LogP contribution in [0, 0.1) is 0 Å². The number of hydrogen-bond donors (Lipinski definition) is 2. The average molecular weight is 451 g/mol. The quantitative estimate of drug-likeness (QED) is 0.310. The number of carboxylic acid groups (broad SMARTS) is 2. The molecule has 3 aromatic rings. The smallest absolute Gasteiger partial charge is 0.331 e. The summed E-state index contributed by atoms with van der Waals surface area (Å²) in [5, 5.41) is 19.1. The van der Waals surface area contributed by atoms with E-state index in [4.69, 9.17) is 24.4 Å². The van der Waals surface area contributed by atoms with E-state index < -0.39 is 11.9 Å². The second-order valence-corrected chi connectivity index (χ2v) is 6.52. The van der Waals surface area contributed by atoms with E-state index in [9.17, 15) is 9.59 Å². The van der Waals surface area contributed by atoms with E-state index in [0.29, 0.717) is 18.6 Å². The molecule has 1 aromatic heterocycles. The van der Waals surface area contributed by atoms with E-state index >= 15 is 0 Å². The van der Waals surface area contributed by atoms with Gasteiger partial charge in [-0.2, -0.15) is 0 Å². The summed E-state index contributed by atoms with van der Waals surface area (Å²) in [5.74, 6) is -1.56. The van der Waals surface area contributed by atoms with Crippen LogP contribution >= 0.6 is 0 Å². The normalized spacial score (nSPS) is 11.2. The first-order chi connectivity index (χ1) is 16.0. The molecule has 3 rings (SSSR count). The number of carboxylic acids is 2. The van der Waals surface area contributed by atoms with Gasteiger partial charge in [-0.1, -0.05) is 48.6 Å². The van der Waals surface area contributed by atoms with Gasteiger partial charge in [0.15, 0.2) is 0 Å². The lowest BCUT2D eigenvalue weighted by molar-refractivity contribution is -0.132. The Bertz CT molecular complexity index is 1120. The van der Waals surface area contributed by atoms with Crippen LogP contribution in [-0.2, 0) is 9.59 Å². The molecule has 0 atom stereocenters. The third kappa shape index (κ3) is 7.62. The molecule has 10 heteroatoms. The molecule has 0 saturated heterocycles. The van der Waals surface area contributed by atoms with Gasteiger partial charge in [0, 0.05) is 30.4 Å². The summed E-state index contributed by atoms with van der Waals surface area (Å²) in [6.45, 7) is 0.255. The second-order valence-electron chi connectivity index (χ2n) is 6.52. The zero-order valence-corrected chi connectivity index (χ0v) is 17.5. The van der Waals surface area contributed by atoms with Crippen molar-refractivity contribution in [2.75, 3.05) is 13.2 Å². The van der Waals surface area contributed by atoms with Crippen molar-refractivity contribution in [3.8, 4) is 23.8 Å². The molecule has 10 nitrogen and oxygen atoms in total. The van der Waals surface area contributed by atoms with Gasteiger partial charge in [0.1, 0.15) is 5.75 Å². The lowest BCUT2D eigenvalue weighted by atomic mass is 10.1. The fourth-order valence-corrected chi connectivity index (χ4v) is 2.68. The Morgan fingerprint density at radius 1 is 0.758 bits per heavy atom. The number of benzene rings is 2. The maximum atomic E-state index is 10.5.